The van der Waals surface area contributed by atoms with Crippen LogP contribution in [-0.4, -0.2) is 38.1 Å². The van der Waals surface area contributed by atoms with Gasteiger partial charge in [0.1, 0.15) is 0 Å². The van der Waals surface area contributed by atoms with Gasteiger partial charge in [0.05, 0.1) is 26.3 Å². The Bertz CT molecular complexity index is 575. The van der Waals surface area contributed by atoms with E-state index in [9.17, 15) is 9.59 Å². The van der Waals surface area contributed by atoms with Crippen molar-refractivity contribution in [1.29, 1.82) is 0 Å². The van der Waals surface area contributed by atoms with Crippen LogP contribution in [-0.2, 0) is 16.1 Å². The van der Waals surface area contributed by atoms with Gasteiger partial charge in [0.15, 0.2) is 11.5 Å². The Kier molecular flexibility index (Phi) is 8.77. The maximum atomic E-state index is 11.9. The second-order valence-corrected chi connectivity index (χ2v) is 6.10. The van der Waals surface area contributed by atoms with Crippen molar-refractivity contribution in [3.63, 3.8) is 0 Å². The van der Waals surface area contributed by atoms with Gasteiger partial charge in [0.25, 0.3) is 0 Å². The number of carbonyl (C=O) groups is 2. The molecule has 0 fully saturated rings. The van der Waals surface area contributed by atoms with E-state index in [0.29, 0.717) is 24.7 Å². The highest BCUT2D eigenvalue weighted by Crippen LogP contribution is 2.28. The second kappa shape index (κ2) is 10.6. The fourth-order valence-corrected chi connectivity index (χ4v) is 2.00. The minimum atomic E-state index is -0.618. The van der Waals surface area contributed by atoms with Crippen molar-refractivity contribution in [2.75, 3.05) is 20.3 Å². The van der Waals surface area contributed by atoms with Gasteiger partial charge < -0.3 is 25.8 Å². The summed E-state index contributed by atoms with van der Waals surface area (Å²) in [7, 11) is 1.57. The predicted molar refractivity (Wildman–Crippen MR) is 96.4 cm³/mol. The summed E-state index contributed by atoms with van der Waals surface area (Å²) in [5, 5.41) is 5.28. The molecule has 0 saturated heterocycles. The number of carbonyl (C=O) groups excluding carboxylic acids is 2. The summed E-state index contributed by atoms with van der Waals surface area (Å²) >= 11 is 0. The molecule has 0 aliphatic carbocycles. The van der Waals surface area contributed by atoms with Crippen molar-refractivity contribution < 1.29 is 19.1 Å². The average Bonchev–Trinajstić information content (AvgIpc) is 2.61. The number of methoxy groups -OCH3 is 1. The standard InChI is InChI=1S/C18H29N3O4/c1-5-8-25-14-7-6-13(9-15(14)24-4)10-20-16(22)11-21-18(23)17(19)12(2)3/h6-7,9,12,17H,5,8,10-11,19H2,1-4H3,(H,20,22)(H,21,23)/t17-/m0/s1. The molecule has 1 aromatic carbocycles. The van der Waals surface area contributed by atoms with Crippen molar-refractivity contribution >= 4 is 11.8 Å². The van der Waals surface area contributed by atoms with Gasteiger partial charge in [-0.1, -0.05) is 26.8 Å². The molecule has 1 aromatic rings. The maximum Gasteiger partial charge on any atom is 0.239 e. The number of amides is 2. The third-order valence-electron chi connectivity index (χ3n) is 3.62. The third-order valence-corrected chi connectivity index (χ3v) is 3.62. The van der Waals surface area contributed by atoms with Crippen molar-refractivity contribution in [2.24, 2.45) is 11.7 Å². The maximum absolute atomic E-state index is 11.9. The van der Waals surface area contributed by atoms with Crippen LogP contribution in [0.5, 0.6) is 11.5 Å². The Morgan fingerprint density at radius 3 is 2.52 bits per heavy atom. The van der Waals surface area contributed by atoms with Crippen molar-refractivity contribution in [2.45, 2.75) is 39.8 Å². The van der Waals surface area contributed by atoms with Crippen molar-refractivity contribution in [1.82, 2.24) is 10.6 Å². The zero-order valence-corrected chi connectivity index (χ0v) is 15.4. The minimum absolute atomic E-state index is 0.0176. The lowest BCUT2D eigenvalue weighted by Gasteiger charge is -2.15. The van der Waals surface area contributed by atoms with Crippen LogP contribution in [0.25, 0.3) is 0 Å². The monoisotopic (exact) mass is 351 g/mol. The number of hydrogen-bond donors (Lipinski definition) is 3. The number of nitrogens with one attached hydrogen (secondary N) is 2. The lowest BCUT2D eigenvalue weighted by Crippen LogP contribution is -2.47. The number of ether oxygens (including phenoxy) is 2. The lowest BCUT2D eigenvalue weighted by molar-refractivity contribution is -0.127. The molecule has 7 heteroatoms. The lowest BCUT2D eigenvalue weighted by atomic mass is 10.1. The number of benzene rings is 1. The highest BCUT2D eigenvalue weighted by atomic mass is 16.5. The van der Waals surface area contributed by atoms with Gasteiger partial charge in [-0.15, -0.1) is 0 Å². The zero-order chi connectivity index (χ0) is 18.8. The molecule has 0 saturated carbocycles. The van der Waals surface area contributed by atoms with E-state index in [1.165, 1.54) is 0 Å². The Morgan fingerprint density at radius 1 is 1.20 bits per heavy atom. The molecule has 1 rings (SSSR count). The molecule has 0 spiro atoms. The topological polar surface area (TPSA) is 103 Å². The molecule has 0 radical (unpaired) electrons. The fourth-order valence-electron chi connectivity index (χ4n) is 2.00. The first-order chi connectivity index (χ1) is 11.9. The largest absolute Gasteiger partial charge is 0.493 e. The summed E-state index contributed by atoms with van der Waals surface area (Å²) in [5.74, 6) is 0.702. The van der Waals surface area contributed by atoms with Crippen LogP contribution in [0.4, 0.5) is 0 Å². The molecule has 0 unspecified atom stereocenters. The summed E-state index contributed by atoms with van der Waals surface area (Å²) in [5.41, 5.74) is 6.60. The second-order valence-electron chi connectivity index (χ2n) is 6.10. The summed E-state index contributed by atoms with van der Waals surface area (Å²) in [6.07, 6.45) is 0.910. The van der Waals surface area contributed by atoms with E-state index in [-0.39, 0.29) is 24.3 Å². The van der Waals surface area contributed by atoms with E-state index in [1.54, 1.807) is 7.11 Å². The van der Waals surface area contributed by atoms with Gasteiger partial charge >= 0.3 is 0 Å². The molecule has 25 heavy (non-hydrogen) atoms. The Labute approximate surface area is 149 Å². The molecule has 0 bridgehead atoms. The molecule has 1 atom stereocenters. The highest BCUT2D eigenvalue weighted by molar-refractivity contribution is 5.87. The molecule has 2 amide bonds. The summed E-state index contributed by atoms with van der Waals surface area (Å²) in [6, 6.07) is 4.88. The first-order valence-electron chi connectivity index (χ1n) is 8.48. The van der Waals surface area contributed by atoms with Gasteiger partial charge in [-0.2, -0.15) is 0 Å². The van der Waals surface area contributed by atoms with Crippen LogP contribution in [0.3, 0.4) is 0 Å². The van der Waals surface area contributed by atoms with Crippen LogP contribution < -0.4 is 25.8 Å². The summed E-state index contributed by atoms with van der Waals surface area (Å²) in [4.78, 5) is 23.6. The van der Waals surface area contributed by atoms with E-state index < -0.39 is 6.04 Å². The molecule has 0 aromatic heterocycles. The zero-order valence-electron chi connectivity index (χ0n) is 15.4. The Hall–Kier alpha value is -2.28. The number of rotatable bonds is 10. The molecular weight excluding hydrogens is 322 g/mol. The van der Waals surface area contributed by atoms with E-state index in [1.807, 2.05) is 39.0 Å². The Morgan fingerprint density at radius 2 is 1.92 bits per heavy atom. The summed E-state index contributed by atoms with van der Waals surface area (Å²) in [6.45, 7) is 6.58. The first kappa shape index (κ1) is 20.8. The van der Waals surface area contributed by atoms with Crippen LogP contribution in [0.1, 0.15) is 32.8 Å². The quantitative estimate of drug-likeness (QED) is 0.588. The van der Waals surface area contributed by atoms with Crippen LogP contribution >= 0.6 is 0 Å². The van der Waals surface area contributed by atoms with E-state index >= 15 is 0 Å². The van der Waals surface area contributed by atoms with E-state index in [0.717, 1.165) is 12.0 Å². The molecule has 4 N–H and O–H groups in total. The number of hydrogen-bond acceptors (Lipinski definition) is 5. The van der Waals surface area contributed by atoms with Gasteiger partial charge in [-0.05, 0) is 30.0 Å². The third kappa shape index (κ3) is 7.01. The molecule has 0 heterocycles. The van der Waals surface area contributed by atoms with Crippen molar-refractivity contribution in [3.05, 3.63) is 23.8 Å². The molecular formula is C18H29N3O4. The van der Waals surface area contributed by atoms with Gasteiger partial charge in [0.2, 0.25) is 11.8 Å². The van der Waals surface area contributed by atoms with Crippen molar-refractivity contribution in [3.8, 4) is 11.5 Å². The summed E-state index contributed by atoms with van der Waals surface area (Å²) < 4.78 is 10.9. The van der Waals surface area contributed by atoms with Crippen LogP contribution in [0.15, 0.2) is 18.2 Å². The van der Waals surface area contributed by atoms with Crippen LogP contribution in [0.2, 0.25) is 0 Å². The highest BCUT2D eigenvalue weighted by Gasteiger charge is 2.17. The molecule has 7 nitrogen and oxygen atoms in total. The predicted octanol–water partition coefficient (Wildman–Crippen LogP) is 1.20. The average molecular weight is 351 g/mol. The van der Waals surface area contributed by atoms with E-state index in [4.69, 9.17) is 15.2 Å². The fraction of sp³-hybridized carbons (Fsp3) is 0.556. The van der Waals surface area contributed by atoms with Gasteiger partial charge in [-0.25, -0.2) is 0 Å². The van der Waals surface area contributed by atoms with Gasteiger partial charge in [0, 0.05) is 6.54 Å². The molecule has 140 valence electrons. The van der Waals surface area contributed by atoms with E-state index in [2.05, 4.69) is 10.6 Å². The van der Waals surface area contributed by atoms with Crippen LogP contribution in [0, 0.1) is 5.92 Å². The van der Waals surface area contributed by atoms with Gasteiger partial charge in [-0.3, -0.25) is 9.59 Å². The minimum Gasteiger partial charge on any atom is -0.493 e. The molecule has 0 aliphatic heterocycles. The smallest absolute Gasteiger partial charge is 0.239 e. The molecule has 0 aliphatic rings. The number of nitrogens with two attached hydrogens (primary N) is 1. The first-order valence-corrected chi connectivity index (χ1v) is 8.48. The normalized spacial score (nSPS) is 11.8. The SMILES string of the molecule is CCCOc1ccc(CNC(=O)CNC(=O)[C@@H](N)C(C)C)cc1OC. The Balaban J connectivity index is 2.49.